The van der Waals surface area contributed by atoms with Gasteiger partial charge in [-0.2, -0.15) is 0 Å². The van der Waals surface area contributed by atoms with Crippen molar-refractivity contribution in [1.29, 1.82) is 0 Å². The third kappa shape index (κ3) is 2.35. The summed E-state index contributed by atoms with van der Waals surface area (Å²) in [4.78, 5) is 10.8. The Labute approximate surface area is 85.1 Å². The van der Waals surface area contributed by atoms with E-state index < -0.39 is 0 Å². The quantitative estimate of drug-likeness (QED) is 0.655. The van der Waals surface area contributed by atoms with E-state index in [9.17, 15) is 4.79 Å². The average molecular weight is 205 g/mol. The minimum absolute atomic E-state index is 0. The number of halogens is 1. The van der Waals surface area contributed by atoms with Crippen LogP contribution in [0, 0.1) is 11.8 Å². The van der Waals surface area contributed by atoms with Crippen LogP contribution < -0.4 is 10.6 Å². The molecule has 1 saturated carbocycles. The Kier molecular flexibility index (Phi) is 3.56. The van der Waals surface area contributed by atoms with Crippen molar-refractivity contribution in [2.45, 2.75) is 25.8 Å². The number of hydrogen-bond acceptors (Lipinski definition) is 2. The van der Waals surface area contributed by atoms with Crippen LogP contribution in [0.5, 0.6) is 0 Å². The highest BCUT2D eigenvalue weighted by Gasteiger charge is 2.37. The Morgan fingerprint density at radius 2 is 1.85 bits per heavy atom. The molecule has 1 saturated heterocycles. The van der Waals surface area contributed by atoms with Gasteiger partial charge >= 0.3 is 0 Å². The Balaban J connectivity index is 0.000000845. The molecule has 0 aromatic heterocycles. The third-order valence-corrected chi connectivity index (χ3v) is 3.06. The third-order valence-electron chi connectivity index (χ3n) is 3.06. The lowest BCUT2D eigenvalue weighted by Gasteiger charge is -2.11. The standard InChI is InChI=1S/C9H16N2O.ClH/c1-6(12)11-9-2-7-4-10-5-8(7)3-9;/h7-10H,2-5H2,1H3,(H,11,12);1H/t7-,8+,9?;. The van der Waals surface area contributed by atoms with Gasteiger partial charge in [0.05, 0.1) is 0 Å². The molecule has 1 aliphatic carbocycles. The second kappa shape index (κ2) is 4.29. The van der Waals surface area contributed by atoms with Crippen LogP contribution in [0.15, 0.2) is 0 Å². The van der Waals surface area contributed by atoms with E-state index in [2.05, 4.69) is 10.6 Å². The van der Waals surface area contributed by atoms with Gasteiger partial charge in [-0.1, -0.05) is 0 Å². The second-order valence-electron chi connectivity index (χ2n) is 4.05. The highest BCUT2D eigenvalue weighted by atomic mass is 35.5. The number of nitrogens with one attached hydrogen (secondary N) is 2. The first-order chi connectivity index (χ1) is 5.75. The molecule has 0 bridgehead atoms. The summed E-state index contributed by atoms with van der Waals surface area (Å²) in [6.45, 7) is 3.91. The number of hydrogen-bond donors (Lipinski definition) is 2. The number of carbonyl (C=O) groups excluding carboxylic acids is 1. The molecule has 76 valence electrons. The van der Waals surface area contributed by atoms with E-state index in [-0.39, 0.29) is 18.3 Å². The second-order valence-corrected chi connectivity index (χ2v) is 4.05. The zero-order valence-corrected chi connectivity index (χ0v) is 8.69. The van der Waals surface area contributed by atoms with E-state index in [1.54, 1.807) is 6.92 Å². The van der Waals surface area contributed by atoms with Gasteiger partial charge in [-0.25, -0.2) is 0 Å². The van der Waals surface area contributed by atoms with Gasteiger partial charge in [0.15, 0.2) is 0 Å². The fraction of sp³-hybridized carbons (Fsp3) is 0.889. The van der Waals surface area contributed by atoms with E-state index in [1.165, 1.54) is 12.8 Å². The molecular weight excluding hydrogens is 188 g/mol. The van der Waals surface area contributed by atoms with Crippen LogP contribution in [0.3, 0.4) is 0 Å². The van der Waals surface area contributed by atoms with Gasteiger partial charge in [0.2, 0.25) is 5.91 Å². The molecule has 0 aromatic carbocycles. The first-order valence-electron chi connectivity index (χ1n) is 4.73. The largest absolute Gasteiger partial charge is 0.354 e. The van der Waals surface area contributed by atoms with E-state index in [1.807, 2.05) is 0 Å². The number of fused-ring (bicyclic) bond motifs is 1. The summed E-state index contributed by atoms with van der Waals surface area (Å²) in [6.07, 6.45) is 2.36. The highest BCUT2D eigenvalue weighted by molar-refractivity contribution is 5.85. The van der Waals surface area contributed by atoms with Crippen molar-refractivity contribution in [3.63, 3.8) is 0 Å². The predicted octanol–water partition coefficient (Wildman–Crippen LogP) is 0.542. The van der Waals surface area contributed by atoms with Crippen LogP contribution in [0.4, 0.5) is 0 Å². The lowest BCUT2D eigenvalue weighted by molar-refractivity contribution is -0.119. The Morgan fingerprint density at radius 1 is 1.31 bits per heavy atom. The maximum absolute atomic E-state index is 10.8. The zero-order valence-electron chi connectivity index (χ0n) is 7.88. The SMILES string of the molecule is CC(=O)NC1C[C@H]2CNC[C@H]2C1.Cl. The molecule has 3 atom stereocenters. The molecule has 1 amide bonds. The molecule has 4 heteroatoms. The molecule has 0 radical (unpaired) electrons. The molecule has 1 heterocycles. The fourth-order valence-corrected chi connectivity index (χ4v) is 2.57. The summed E-state index contributed by atoms with van der Waals surface area (Å²) in [5.41, 5.74) is 0. The smallest absolute Gasteiger partial charge is 0.217 e. The normalized spacial score (nSPS) is 36.5. The lowest BCUT2D eigenvalue weighted by Crippen LogP contribution is -2.32. The average Bonchev–Trinajstić information content (AvgIpc) is 2.43. The van der Waals surface area contributed by atoms with Crippen molar-refractivity contribution >= 4 is 18.3 Å². The fourth-order valence-electron chi connectivity index (χ4n) is 2.57. The molecule has 2 aliphatic rings. The first kappa shape index (κ1) is 10.8. The summed E-state index contributed by atoms with van der Waals surface area (Å²) >= 11 is 0. The van der Waals surface area contributed by atoms with Gasteiger partial charge in [-0.3, -0.25) is 4.79 Å². The number of carbonyl (C=O) groups is 1. The summed E-state index contributed by atoms with van der Waals surface area (Å²) in [5, 5.41) is 6.39. The maximum atomic E-state index is 10.8. The molecule has 0 aromatic rings. The van der Waals surface area contributed by atoms with E-state index in [0.29, 0.717) is 6.04 Å². The van der Waals surface area contributed by atoms with Gasteiger partial charge < -0.3 is 10.6 Å². The highest BCUT2D eigenvalue weighted by Crippen LogP contribution is 2.34. The maximum Gasteiger partial charge on any atom is 0.217 e. The van der Waals surface area contributed by atoms with Crippen molar-refractivity contribution in [2.24, 2.45) is 11.8 Å². The monoisotopic (exact) mass is 204 g/mol. The van der Waals surface area contributed by atoms with Gasteiger partial charge in [-0.05, 0) is 37.8 Å². The predicted molar refractivity (Wildman–Crippen MR) is 53.9 cm³/mol. The molecule has 0 spiro atoms. The van der Waals surface area contributed by atoms with Crippen molar-refractivity contribution < 1.29 is 4.79 Å². The van der Waals surface area contributed by atoms with E-state index in [0.717, 1.165) is 24.9 Å². The van der Waals surface area contributed by atoms with Crippen molar-refractivity contribution in [2.75, 3.05) is 13.1 Å². The Morgan fingerprint density at radius 3 is 2.31 bits per heavy atom. The van der Waals surface area contributed by atoms with Crippen LogP contribution in [0.2, 0.25) is 0 Å². The molecule has 1 unspecified atom stereocenters. The number of amides is 1. The summed E-state index contributed by atoms with van der Waals surface area (Å²) in [7, 11) is 0. The van der Waals surface area contributed by atoms with Crippen LogP contribution in [0.1, 0.15) is 19.8 Å². The van der Waals surface area contributed by atoms with E-state index in [4.69, 9.17) is 0 Å². The molecular formula is C9H17ClN2O. The minimum atomic E-state index is 0. The Hall–Kier alpha value is -0.280. The van der Waals surface area contributed by atoms with Gasteiger partial charge in [-0.15, -0.1) is 12.4 Å². The first-order valence-corrected chi connectivity index (χ1v) is 4.73. The molecule has 2 rings (SSSR count). The summed E-state index contributed by atoms with van der Waals surface area (Å²) in [5.74, 6) is 1.76. The van der Waals surface area contributed by atoms with Crippen molar-refractivity contribution in [3.05, 3.63) is 0 Å². The van der Waals surface area contributed by atoms with Crippen LogP contribution >= 0.6 is 12.4 Å². The lowest BCUT2D eigenvalue weighted by atomic mass is 10.0. The topological polar surface area (TPSA) is 41.1 Å². The molecule has 3 nitrogen and oxygen atoms in total. The summed E-state index contributed by atoms with van der Waals surface area (Å²) < 4.78 is 0. The molecule has 2 fully saturated rings. The zero-order chi connectivity index (χ0) is 8.55. The minimum Gasteiger partial charge on any atom is -0.354 e. The van der Waals surface area contributed by atoms with E-state index >= 15 is 0 Å². The molecule has 13 heavy (non-hydrogen) atoms. The van der Waals surface area contributed by atoms with Crippen LogP contribution in [0.25, 0.3) is 0 Å². The summed E-state index contributed by atoms with van der Waals surface area (Å²) in [6, 6.07) is 0.458. The van der Waals surface area contributed by atoms with Crippen molar-refractivity contribution in [3.8, 4) is 0 Å². The molecule has 2 N–H and O–H groups in total. The van der Waals surface area contributed by atoms with Gasteiger partial charge in [0.1, 0.15) is 0 Å². The van der Waals surface area contributed by atoms with Crippen molar-refractivity contribution in [1.82, 2.24) is 10.6 Å². The van der Waals surface area contributed by atoms with Gasteiger partial charge in [0, 0.05) is 13.0 Å². The van der Waals surface area contributed by atoms with Gasteiger partial charge in [0.25, 0.3) is 0 Å². The van der Waals surface area contributed by atoms with Crippen LogP contribution in [-0.2, 0) is 4.79 Å². The Bertz CT molecular complexity index is 186. The molecule has 1 aliphatic heterocycles. The van der Waals surface area contributed by atoms with Crippen LogP contribution in [-0.4, -0.2) is 25.0 Å². The number of rotatable bonds is 1.